The van der Waals surface area contributed by atoms with Crippen molar-refractivity contribution < 1.29 is 9.18 Å². The van der Waals surface area contributed by atoms with Crippen molar-refractivity contribution in [3.05, 3.63) is 82.7 Å². The number of anilines is 1. The maximum Gasteiger partial charge on any atom is 0.257 e. The molecule has 0 saturated heterocycles. The number of carbonyl (C=O) groups excluding carboxylic acids is 1. The van der Waals surface area contributed by atoms with E-state index in [0.717, 1.165) is 22.6 Å². The van der Waals surface area contributed by atoms with Gasteiger partial charge in [0, 0.05) is 22.8 Å². The van der Waals surface area contributed by atoms with E-state index >= 15 is 0 Å². The zero-order valence-corrected chi connectivity index (χ0v) is 17.1. The summed E-state index contributed by atoms with van der Waals surface area (Å²) in [5.74, 6) is -0.312. The Balaban J connectivity index is 1.66. The molecule has 4 rings (SSSR count). The van der Waals surface area contributed by atoms with E-state index in [4.69, 9.17) is 0 Å². The molecule has 0 bridgehead atoms. The average molecular weight is 404 g/mol. The van der Waals surface area contributed by atoms with Gasteiger partial charge in [0.05, 0.1) is 5.56 Å². The van der Waals surface area contributed by atoms with E-state index in [9.17, 15) is 9.18 Å². The summed E-state index contributed by atoms with van der Waals surface area (Å²) >= 11 is 0. The van der Waals surface area contributed by atoms with Crippen LogP contribution in [0.1, 0.15) is 33.1 Å². The number of nitrogens with zero attached hydrogens (tertiary/aromatic N) is 5. The summed E-state index contributed by atoms with van der Waals surface area (Å²) in [6, 6.07) is 14.3. The van der Waals surface area contributed by atoms with Gasteiger partial charge in [-0.15, -0.1) is 5.10 Å². The Morgan fingerprint density at radius 1 is 1.03 bits per heavy atom. The van der Waals surface area contributed by atoms with E-state index in [0.29, 0.717) is 17.1 Å². The smallest absolute Gasteiger partial charge is 0.257 e. The minimum Gasteiger partial charge on any atom is -0.322 e. The molecule has 0 atom stereocenters. The quantitative estimate of drug-likeness (QED) is 0.556. The van der Waals surface area contributed by atoms with Gasteiger partial charge in [0.25, 0.3) is 5.91 Å². The van der Waals surface area contributed by atoms with Crippen LogP contribution in [0, 0.1) is 33.5 Å². The lowest BCUT2D eigenvalue weighted by Gasteiger charge is -2.11. The fourth-order valence-electron chi connectivity index (χ4n) is 3.56. The second-order valence-corrected chi connectivity index (χ2v) is 7.22. The van der Waals surface area contributed by atoms with Crippen LogP contribution in [0.25, 0.3) is 11.4 Å². The Hall–Kier alpha value is -3.81. The van der Waals surface area contributed by atoms with E-state index in [2.05, 4.69) is 26.9 Å². The molecule has 2 aromatic carbocycles. The first-order valence-corrected chi connectivity index (χ1v) is 9.47. The van der Waals surface area contributed by atoms with Crippen molar-refractivity contribution in [2.45, 2.75) is 27.7 Å². The number of aryl methyl sites for hydroxylation is 3. The molecule has 8 heteroatoms. The molecule has 30 heavy (non-hydrogen) atoms. The van der Waals surface area contributed by atoms with Gasteiger partial charge in [-0.2, -0.15) is 4.68 Å². The van der Waals surface area contributed by atoms with Gasteiger partial charge in [-0.1, -0.05) is 12.1 Å². The summed E-state index contributed by atoms with van der Waals surface area (Å²) in [5, 5.41) is 14.0. The van der Waals surface area contributed by atoms with Crippen molar-refractivity contribution in [2.24, 2.45) is 0 Å². The van der Waals surface area contributed by atoms with Gasteiger partial charge in [0.15, 0.2) is 5.82 Å². The first kappa shape index (κ1) is 19.5. The standard InChI is InChI=1S/C22H21FN6O/c1-13-6-5-7-18(10-13)28-14(2)11-19(15(28)3)22(30)24-17-8-9-20(23)21(12-17)29-16(4)25-26-27-29/h5-12H,1-4H3,(H,24,30). The van der Waals surface area contributed by atoms with E-state index < -0.39 is 5.82 Å². The van der Waals surface area contributed by atoms with Crippen molar-refractivity contribution in [1.29, 1.82) is 0 Å². The molecule has 0 aliphatic heterocycles. The number of aromatic nitrogens is 5. The topological polar surface area (TPSA) is 77.6 Å². The van der Waals surface area contributed by atoms with Crippen LogP contribution in [0.15, 0.2) is 48.5 Å². The summed E-state index contributed by atoms with van der Waals surface area (Å²) in [4.78, 5) is 13.0. The lowest BCUT2D eigenvalue weighted by molar-refractivity contribution is 0.102. The molecule has 2 aromatic heterocycles. The second-order valence-electron chi connectivity index (χ2n) is 7.22. The third-order valence-corrected chi connectivity index (χ3v) is 4.99. The normalized spacial score (nSPS) is 11.0. The van der Waals surface area contributed by atoms with Gasteiger partial charge in [-0.25, -0.2) is 4.39 Å². The largest absolute Gasteiger partial charge is 0.322 e. The molecule has 7 nitrogen and oxygen atoms in total. The minimum atomic E-state index is -0.485. The van der Waals surface area contributed by atoms with E-state index in [1.54, 1.807) is 6.92 Å². The molecule has 4 aromatic rings. The van der Waals surface area contributed by atoms with Crippen LogP contribution in [0.3, 0.4) is 0 Å². The number of tetrazole rings is 1. The van der Waals surface area contributed by atoms with Crippen molar-refractivity contribution in [1.82, 2.24) is 24.8 Å². The van der Waals surface area contributed by atoms with Gasteiger partial charge in [0.1, 0.15) is 11.5 Å². The van der Waals surface area contributed by atoms with Crippen LogP contribution in [-0.2, 0) is 0 Å². The summed E-state index contributed by atoms with van der Waals surface area (Å²) in [7, 11) is 0. The highest BCUT2D eigenvalue weighted by Gasteiger charge is 2.18. The highest BCUT2D eigenvalue weighted by molar-refractivity contribution is 6.05. The first-order valence-electron chi connectivity index (χ1n) is 9.47. The number of amides is 1. The maximum absolute atomic E-state index is 14.3. The zero-order chi connectivity index (χ0) is 21.4. The Morgan fingerprint density at radius 2 is 1.83 bits per heavy atom. The molecule has 0 saturated carbocycles. The minimum absolute atomic E-state index is 0.167. The number of hydrogen-bond donors (Lipinski definition) is 1. The summed E-state index contributed by atoms with van der Waals surface area (Å²) < 4.78 is 17.6. The predicted octanol–water partition coefficient (Wildman–Crippen LogP) is 4.08. The number of rotatable bonds is 4. The highest BCUT2D eigenvalue weighted by Crippen LogP contribution is 2.24. The third-order valence-electron chi connectivity index (χ3n) is 4.99. The predicted molar refractivity (Wildman–Crippen MR) is 112 cm³/mol. The third kappa shape index (κ3) is 3.47. The molecule has 0 fully saturated rings. The average Bonchev–Trinajstić information content (AvgIpc) is 3.26. The van der Waals surface area contributed by atoms with E-state index in [-0.39, 0.29) is 11.6 Å². The Kier molecular flexibility index (Phi) is 4.91. The molecule has 0 aliphatic carbocycles. The molecule has 152 valence electrons. The van der Waals surface area contributed by atoms with E-state index in [1.165, 1.54) is 22.9 Å². The number of benzene rings is 2. The Bertz CT molecular complexity index is 1260. The monoisotopic (exact) mass is 404 g/mol. The van der Waals surface area contributed by atoms with Crippen LogP contribution in [-0.4, -0.2) is 30.7 Å². The van der Waals surface area contributed by atoms with Crippen LogP contribution in [0.4, 0.5) is 10.1 Å². The fourth-order valence-corrected chi connectivity index (χ4v) is 3.56. The maximum atomic E-state index is 14.3. The van der Waals surface area contributed by atoms with Crippen molar-refractivity contribution in [3.63, 3.8) is 0 Å². The fraction of sp³-hybridized carbons (Fsp3) is 0.182. The van der Waals surface area contributed by atoms with Crippen molar-refractivity contribution in [3.8, 4) is 11.4 Å². The number of nitrogens with one attached hydrogen (secondary N) is 1. The SMILES string of the molecule is Cc1cccc(-n2c(C)cc(C(=O)Nc3ccc(F)c(-n4nnnc4C)c3)c2C)c1. The molecule has 1 amide bonds. The zero-order valence-electron chi connectivity index (χ0n) is 17.1. The Morgan fingerprint density at radius 3 is 2.53 bits per heavy atom. The summed E-state index contributed by atoms with van der Waals surface area (Å²) in [6.07, 6.45) is 0. The Labute approximate surface area is 173 Å². The lowest BCUT2D eigenvalue weighted by Crippen LogP contribution is -2.14. The summed E-state index contributed by atoms with van der Waals surface area (Å²) in [6.45, 7) is 7.57. The summed E-state index contributed by atoms with van der Waals surface area (Å²) in [5.41, 5.74) is 5.09. The van der Waals surface area contributed by atoms with E-state index in [1.807, 2.05) is 49.6 Å². The second kappa shape index (κ2) is 7.55. The van der Waals surface area contributed by atoms with Crippen LogP contribution < -0.4 is 5.32 Å². The van der Waals surface area contributed by atoms with Gasteiger partial charge in [-0.05, 0) is 80.1 Å². The molecule has 0 spiro atoms. The number of carbonyl (C=O) groups is 1. The molecular formula is C22H21FN6O. The van der Waals surface area contributed by atoms with Gasteiger partial charge in [0.2, 0.25) is 0 Å². The molecule has 1 N–H and O–H groups in total. The molecule has 0 aliphatic rings. The van der Waals surface area contributed by atoms with Crippen LogP contribution >= 0.6 is 0 Å². The van der Waals surface area contributed by atoms with Crippen LogP contribution in [0.5, 0.6) is 0 Å². The lowest BCUT2D eigenvalue weighted by atomic mass is 10.2. The molecule has 2 heterocycles. The van der Waals surface area contributed by atoms with Gasteiger partial charge in [-0.3, -0.25) is 4.79 Å². The van der Waals surface area contributed by atoms with Gasteiger partial charge < -0.3 is 9.88 Å². The van der Waals surface area contributed by atoms with Crippen molar-refractivity contribution in [2.75, 3.05) is 5.32 Å². The van der Waals surface area contributed by atoms with Crippen molar-refractivity contribution >= 4 is 11.6 Å². The number of halogens is 1. The van der Waals surface area contributed by atoms with Gasteiger partial charge >= 0.3 is 0 Å². The molecule has 0 unspecified atom stereocenters. The molecular weight excluding hydrogens is 383 g/mol. The molecule has 0 radical (unpaired) electrons. The van der Waals surface area contributed by atoms with Crippen LogP contribution in [0.2, 0.25) is 0 Å². The number of hydrogen-bond acceptors (Lipinski definition) is 4. The first-order chi connectivity index (χ1) is 14.3. The highest BCUT2D eigenvalue weighted by atomic mass is 19.1.